The summed E-state index contributed by atoms with van der Waals surface area (Å²) < 4.78 is 0. The van der Waals surface area contributed by atoms with Gasteiger partial charge in [-0.2, -0.15) is 0 Å². The van der Waals surface area contributed by atoms with Gasteiger partial charge in [-0.15, -0.1) is 0 Å². The van der Waals surface area contributed by atoms with Gasteiger partial charge >= 0.3 is 0 Å². The van der Waals surface area contributed by atoms with Gasteiger partial charge in [-0.05, 0) is 83.7 Å². The van der Waals surface area contributed by atoms with Crippen LogP contribution in [0.3, 0.4) is 0 Å². The van der Waals surface area contributed by atoms with Crippen LogP contribution in [0.4, 0.5) is 0 Å². The summed E-state index contributed by atoms with van der Waals surface area (Å²) in [5, 5.41) is 6.17. The van der Waals surface area contributed by atoms with E-state index in [0.717, 1.165) is 27.7 Å². The minimum atomic E-state index is 0.968. The highest BCUT2D eigenvalue weighted by molar-refractivity contribution is 6.28. The Morgan fingerprint density at radius 1 is 0.432 bits per heavy atom. The zero-order valence-corrected chi connectivity index (χ0v) is 24.1. The number of benzene rings is 7. The molecule has 1 aliphatic rings. The number of para-hydroxylation sites is 1. The maximum atomic E-state index is 5.16. The zero-order valence-electron chi connectivity index (χ0n) is 24.1. The van der Waals surface area contributed by atoms with Crippen LogP contribution in [0.1, 0.15) is 5.56 Å². The summed E-state index contributed by atoms with van der Waals surface area (Å²) in [7, 11) is 0. The number of hydrogen-bond acceptors (Lipinski definition) is 1. The van der Waals surface area contributed by atoms with Crippen LogP contribution in [0, 0.1) is 0 Å². The van der Waals surface area contributed by atoms with Crippen LogP contribution in [0.25, 0.3) is 94.3 Å². The predicted octanol–water partition coefficient (Wildman–Crippen LogP) is 11.8. The molecule has 0 radical (unpaired) electrons. The lowest BCUT2D eigenvalue weighted by molar-refractivity contribution is 1.40. The molecule has 1 aromatic heterocycles. The van der Waals surface area contributed by atoms with E-state index in [1.54, 1.807) is 0 Å². The van der Waals surface area contributed by atoms with Crippen molar-refractivity contribution in [2.45, 2.75) is 0 Å². The Morgan fingerprint density at radius 2 is 0.955 bits per heavy atom. The Balaban J connectivity index is 1.43. The first-order valence-corrected chi connectivity index (χ1v) is 15.1. The van der Waals surface area contributed by atoms with E-state index in [0.29, 0.717) is 0 Å². The molecule has 9 rings (SSSR count). The van der Waals surface area contributed by atoms with Crippen molar-refractivity contribution >= 4 is 38.5 Å². The molecule has 0 aliphatic heterocycles. The molecule has 44 heavy (non-hydrogen) atoms. The minimum Gasteiger partial charge on any atom is -0.248 e. The molecule has 0 unspecified atom stereocenters. The number of pyridine rings is 1. The molecule has 1 heteroatoms. The minimum absolute atomic E-state index is 0.968. The fraction of sp³-hybridized carbons (Fsp3) is 0. The van der Waals surface area contributed by atoms with Gasteiger partial charge in [0.1, 0.15) is 0 Å². The molecule has 0 amide bonds. The third-order valence-electron chi connectivity index (χ3n) is 9.16. The Bertz CT molecular complexity index is 2340. The Labute approximate surface area is 256 Å². The average Bonchev–Trinajstić information content (AvgIpc) is 3.42. The van der Waals surface area contributed by atoms with E-state index in [-0.39, 0.29) is 0 Å². The molecule has 0 saturated carbocycles. The van der Waals surface area contributed by atoms with Gasteiger partial charge in [0, 0.05) is 10.9 Å². The molecule has 0 fully saturated rings. The molecule has 1 nitrogen and oxygen atoms in total. The van der Waals surface area contributed by atoms with E-state index in [1.165, 1.54) is 66.1 Å². The van der Waals surface area contributed by atoms with E-state index in [4.69, 9.17) is 4.98 Å². The zero-order chi connectivity index (χ0) is 29.2. The van der Waals surface area contributed by atoms with Crippen LogP contribution in [0.2, 0.25) is 0 Å². The van der Waals surface area contributed by atoms with Crippen LogP contribution < -0.4 is 0 Å². The molecule has 204 valence electrons. The summed E-state index contributed by atoms with van der Waals surface area (Å²) in [6.45, 7) is 4.12. The largest absolute Gasteiger partial charge is 0.248 e. The van der Waals surface area contributed by atoms with Crippen LogP contribution >= 0.6 is 0 Å². The maximum absolute atomic E-state index is 5.16. The molecular weight excluding hydrogens is 530 g/mol. The van der Waals surface area contributed by atoms with Gasteiger partial charge in [0.15, 0.2) is 0 Å². The van der Waals surface area contributed by atoms with Crippen molar-refractivity contribution in [3.05, 3.63) is 158 Å². The van der Waals surface area contributed by atoms with Gasteiger partial charge in [-0.1, -0.05) is 146 Å². The molecule has 0 N–H and O–H groups in total. The summed E-state index contributed by atoms with van der Waals surface area (Å²) in [4.78, 5) is 5.16. The first-order valence-electron chi connectivity index (χ1n) is 15.1. The number of nitrogens with zero attached hydrogens (tertiary/aromatic N) is 1. The van der Waals surface area contributed by atoms with Crippen molar-refractivity contribution in [2.24, 2.45) is 0 Å². The molecule has 0 spiro atoms. The van der Waals surface area contributed by atoms with E-state index in [1.807, 2.05) is 6.08 Å². The molecule has 0 atom stereocenters. The summed E-state index contributed by atoms with van der Waals surface area (Å²) in [6, 6.07) is 52.5. The van der Waals surface area contributed by atoms with Gasteiger partial charge in [0.25, 0.3) is 0 Å². The van der Waals surface area contributed by atoms with Gasteiger partial charge in [-0.25, -0.2) is 4.98 Å². The first-order chi connectivity index (χ1) is 21.8. The van der Waals surface area contributed by atoms with Crippen molar-refractivity contribution in [3.63, 3.8) is 0 Å². The molecule has 1 heterocycles. The van der Waals surface area contributed by atoms with Gasteiger partial charge in [0.05, 0.1) is 11.2 Å². The van der Waals surface area contributed by atoms with Crippen molar-refractivity contribution in [1.82, 2.24) is 4.98 Å². The second kappa shape index (κ2) is 9.62. The topological polar surface area (TPSA) is 12.9 Å². The van der Waals surface area contributed by atoms with E-state index in [9.17, 15) is 0 Å². The average molecular weight is 558 g/mol. The summed E-state index contributed by atoms with van der Waals surface area (Å²) in [5.41, 5.74) is 14.4. The fourth-order valence-electron chi connectivity index (χ4n) is 7.34. The van der Waals surface area contributed by atoms with Crippen molar-refractivity contribution in [3.8, 4) is 55.8 Å². The number of fused-ring (bicyclic) bond motifs is 5. The first kappa shape index (κ1) is 24.8. The van der Waals surface area contributed by atoms with E-state index in [2.05, 4.69) is 152 Å². The Morgan fingerprint density at radius 3 is 1.59 bits per heavy atom. The van der Waals surface area contributed by atoms with E-state index >= 15 is 0 Å². The highest BCUT2D eigenvalue weighted by atomic mass is 14.7. The Kier molecular flexibility index (Phi) is 5.42. The lowest BCUT2D eigenvalue weighted by atomic mass is 9.82. The fourth-order valence-corrected chi connectivity index (χ4v) is 7.34. The highest BCUT2D eigenvalue weighted by Crippen LogP contribution is 2.58. The lowest BCUT2D eigenvalue weighted by Crippen LogP contribution is -1.93. The smallest absolute Gasteiger partial charge is 0.0721 e. The molecule has 1 aliphatic carbocycles. The van der Waals surface area contributed by atoms with Gasteiger partial charge in [-0.3, -0.25) is 0 Å². The number of aromatic nitrogens is 1. The second-order valence-corrected chi connectivity index (χ2v) is 11.5. The van der Waals surface area contributed by atoms with Crippen LogP contribution in [-0.4, -0.2) is 4.98 Å². The van der Waals surface area contributed by atoms with Crippen LogP contribution in [0.5, 0.6) is 0 Å². The predicted molar refractivity (Wildman–Crippen MR) is 188 cm³/mol. The molecule has 0 bridgehead atoms. The maximum Gasteiger partial charge on any atom is 0.0721 e. The standard InChI is InChI=1S/C43H27N/c1-2-27-26-38(44-37-23-12-11-18-30(27)37)31-24-25-36-41-32(31)21-13-22-35(41)42-39(28-14-5-3-6-15-28)33-19-9-10-20-34(33)40(43(36)42)29-16-7-4-8-17-29/h2-26H,1H2. The summed E-state index contributed by atoms with van der Waals surface area (Å²) in [5.74, 6) is 0. The van der Waals surface area contributed by atoms with Crippen LogP contribution in [-0.2, 0) is 0 Å². The summed E-state index contributed by atoms with van der Waals surface area (Å²) >= 11 is 0. The normalized spacial score (nSPS) is 11.7. The third-order valence-corrected chi connectivity index (χ3v) is 9.16. The second-order valence-electron chi connectivity index (χ2n) is 11.5. The number of rotatable bonds is 4. The van der Waals surface area contributed by atoms with E-state index < -0.39 is 0 Å². The molecule has 0 saturated heterocycles. The Hall–Kier alpha value is -5.79. The SMILES string of the molecule is C=Cc1cc(-c2ccc3c4c(cccc24)-c2c-3c(-c3ccccc3)c3ccccc3c2-c2ccccc2)nc2ccccc12. The van der Waals surface area contributed by atoms with Gasteiger partial charge < -0.3 is 0 Å². The lowest BCUT2D eigenvalue weighted by Gasteiger charge is -2.20. The number of hydrogen-bond donors (Lipinski definition) is 0. The van der Waals surface area contributed by atoms with Crippen molar-refractivity contribution in [1.29, 1.82) is 0 Å². The quantitative estimate of drug-likeness (QED) is 0.210. The molecular formula is C43H27N. The van der Waals surface area contributed by atoms with Crippen LogP contribution in [0.15, 0.2) is 152 Å². The van der Waals surface area contributed by atoms with Crippen molar-refractivity contribution < 1.29 is 0 Å². The molecule has 8 aromatic rings. The third kappa shape index (κ3) is 3.50. The van der Waals surface area contributed by atoms with Gasteiger partial charge in [0.2, 0.25) is 0 Å². The monoisotopic (exact) mass is 557 g/mol. The summed E-state index contributed by atoms with van der Waals surface area (Å²) in [6.07, 6.45) is 1.94. The highest BCUT2D eigenvalue weighted by Gasteiger charge is 2.31. The van der Waals surface area contributed by atoms with Crippen molar-refractivity contribution in [2.75, 3.05) is 0 Å². The molecule has 7 aromatic carbocycles.